The quantitative estimate of drug-likeness (QED) is 0.183. The number of halogens is 3. The van der Waals surface area contributed by atoms with Gasteiger partial charge in [0, 0.05) is 20.8 Å². The van der Waals surface area contributed by atoms with Gasteiger partial charge in [-0.05, 0) is 61.4 Å². The Hall–Kier alpha value is -3.10. The van der Waals surface area contributed by atoms with Crippen molar-refractivity contribution in [2.75, 3.05) is 11.9 Å². The van der Waals surface area contributed by atoms with Crippen molar-refractivity contribution in [3.8, 4) is 5.75 Å². The van der Waals surface area contributed by atoms with Crippen molar-refractivity contribution in [3.05, 3.63) is 91.7 Å². The maximum atomic E-state index is 12.7. The van der Waals surface area contributed by atoms with E-state index in [-0.39, 0.29) is 18.4 Å². The van der Waals surface area contributed by atoms with Crippen LogP contribution in [0, 0.1) is 6.92 Å². The second-order valence-corrected chi connectivity index (χ2v) is 10.1. The van der Waals surface area contributed by atoms with E-state index < -0.39 is 0 Å². The van der Waals surface area contributed by atoms with Gasteiger partial charge >= 0.3 is 0 Å². The molecular weight excluding hydrogens is 541 g/mol. The number of nitrogens with zero attached hydrogens (tertiary/aromatic N) is 1. The summed E-state index contributed by atoms with van der Waals surface area (Å²) in [6, 6.07) is 17.7. The number of thiophene rings is 1. The van der Waals surface area contributed by atoms with E-state index in [1.165, 1.54) is 11.3 Å². The molecule has 0 aliphatic rings. The fraction of sp³-hybridized carbons (Fsp3) is 0.115. The summed E-state index contributed by atoms with van der Waals surface area (Å²) in [7, 11) is 0. The van der Waals surface area contributed by atoms with E-state index in [2.05, 4.69) is 15.8 Å². The second kappa shape index (κ2) is 11.3. The van der Waals surface area contributed by atoms with Crippen LogP contribution in [0.3, 0.4) is 0 Å². The molecule has 3 aromatic carbocycles. The van der Waals surface area contributed by atoms with Crippen molar-refractivity contribution in [3.63, 3.8) is 0 Å². The van der Waals surface area contributed by atoms with Gasteiger partial charge in [0.1, 0.15) is 10.6 Å². The molecule has 184 valence electrons. The Morgan fingerprint density at radius 2 is 1.75 bits per heavy atom. The molecule has 6 nitrogen and oxygen atoms in total. The van der Waals surface area contributed by atoms with E-state index in [9.17, 15) is 9.59 Å². The molecule has 0 atom stereocenters. The van der Waals surface area contributed by atoms with Crippen molar-refractivity contribution >= 4 is 79.4 Å². The number of rotatable bonds is 7. The van der Waals surface area contributed by atoms with Gasteiger partial charge in [-0.3, -0.25) is 9.59 Å². The number of ether oxygens (including phenoxy) is 1. The molecule has 2 amide bonds. The van der Waals surface area contributed by atoms with Crippen LogP contribution < -0.4 is 15.5 Å². The Kier molecular flexibility index (Phi) is 8.16. The van der Waals surface area contributed by atoms with E-state index in [1.54, 1.807) is 49.4 Å². The molecule has 0 bridgehead atoms. The molecule has 0 saturated heterocycles. The third-order valence-corrected chi connectivity index (χ3v) is 7.34. The average Bonchev–Trinajstić information content (AvgIpc) is 3.17. The van der Waals surface area contributed by atoms with Crippen LogP contribution in [0.1, 0.15) is 27.7 Å². The number of hydrogen-bond acceptors (Lipinski definition) is 5. The normalized spacial score (nSPS) is 11.4. The van der Waals surface area contributed by atoms with E-state index in [4.69, 9.17) is 39.5 Å². The lowest BCUT2D eigenvalue weighted by atomic mass is 10.1. The van der Waals surface area contributed by atoms with Gasteiger partial charge in [-0.25, -0.2) is 5.43 Å². The first kappa shape index (κ1) is 26.0. The van der Waals surface area contributed by atoms with Crippen molar-refractivity contribution in [2.45, 2.75) is 13.8 Å². The second-order valence-electron chi connectivity index (χ2n) is 7.87. The Morgan fingerprint density at radius 1 is 1.00 bits per heavy atom. The first-order valence-corrected chi connectivity index (χ1v) is 12.7. The lowest BCUT2D eigenvalue weighted by Crippen LogP contribution is -2.20. The molecule has 0 radical (unpaired) electrons. The molecule has 0 aliphatic heterocycles. The van der Waals surface area contributed by atoms with Crippen LogP contribution in [0.25, 0.3) is 10.1 Å². The monoisotopic (exact) mass is 559 g/mol. The van der Waals surface area contributed by atoms with Crippen LogP contribution in [-0.4, -0.2) is 24.1 Å². The molecule has 10 heteroatoms. The van der Waals surface area contributed by atoms with E-state index in [1.807, 2.05) is 25.1 Å². The Bertz CT molecular complexity index is 1480. The maximum absolute atomic E-state index is 12.7. The summed E-state index contributed by atoms with van der Waals surface area (Å²) in [4.78, 5) is 25.3. The smallest absolute Gasteiger partial charge is 0.283 e. The van der Waals surface area contributed by atoms with E-state index in [0.29, 0.717) is 37.1 Å². The first-order chi connectivity index (χ1) is 17.2. The number of carbonyl (C=O) groups is 2. The van der Waals surface area contributed by atoms with Gasteiger partial charge < -0.3 is 10.1 Å². The zero-order valence-corrected chi connectivity index (χ0v) is 22.3. The fourth-order valence-corrected chi connectivity index (χ4v) is 5.26. The minimum Gasteiger partial charge on any atom is -0.482 e. The number of aryl methyl sites for hydroxylation is 1. The van der Waals surface area contributed by atoms with Crippen molar-refractivity contribution in [1.29, 1.82) is 0 Å². The molecule has 0 unspecified atom stereocenters. The SMILES string of the molecule is C/C(=N/NC(=O)c1sc2cc(C)ccc2c1Cl)c1ccc(NC(=O)COc2ccc(Cl)cc2Cl)cc1. The highest BCUT2D eigenvalue weighted by Gasteiger charge is 2.17. The number of nitrogens with one attached hydrogen (secondary N) is 2. The number of carbonyl (C=O) groups excluding carboxylic acids is 2. The Balaban J connectivity index is 1.34. The summed E-state index contributed by atoms with van der Waals surface area (Å²) < 4.78 is 6.39. The topological polar surface area (TPSA) is 79.8 Å². The number of benzene rings is 3. The molecule has 4 aromatic rings. The summed E-state index contributed by atoms with van der Waals surface area (Å²) in [6.45, 7) is 3.55. The molecule has 0 aliphatic carbocycles. The zero-order valence-electron chi connectivity index (χ0n) is 19.2. The zero-order chi connectivity index (χ0) is 25.8. The van der Waals surface area contributed by atoms with Gasteiger partial charge in [0.25, 0.3) is 11.8 Å². The van der Waals surface area contributed by atoms with Crippen molar-refractivity contribution in [1.82, 2.24) is 5.43 Å². The maximum Gasteiger partial charge on any atom is 0.283 e. The lowest BCUT2D eigenvalue weighted by molar-refractivity contribution is -0.118. The third-order valence-electron chi connectivity index (χ3n) is 5.16. The largest absolute Gasteiger partial charge is 0.482 e. The summed E-state index contributed by atoms with van der Waals surface area (Å²) in [5.41, 5.74) is 5.62. The molecule has 0 saturated carbocycles. The van der Waals surface area contributed by atoms with Crippen LogP contribution in [0.5, 0.6) is 5.75 Å². The van der Waals surface area contributed by atoms with Gasteiger partial charge in [0.05, 0.1) is 15.8 Å². The summed E-state index contributed by atoms with van der Waals surface area (Å²) in [5, 5.41) is 9.02. The van der Waals surface area contributed by atoms with Gasteiger partial charge in [0.2, 0.25) is 0 Å². The Labute approximate surface area is 226 Å². The van der Waals surface area contributed by atoms with Crippen LogP contribution in [0.4, 0.5) is 5.69 Å². The molecule has 1 aromatic heterocycles. The number of amides is 2. The molecule has 4 rings (SSSR count). The lowest BCUT2D eigenvalue weighted by Gasteiger charge is -2.09. The van der Waals surface area contributed by atoms with Crippen LogP contribution >= 0.6 is 46.1 Å². The van der Waals surface area contributed by atoms with E-state index in [0.717, 1.165) is 21.2 Å². The number of anilines is 1. The highest BCUT2D eigenvalue weighted by Crippen LogP contribution is 2.35. The molecule has 1 heterocycles. The Morgan fingerprint density at radius 3 is 2.47 bits per heavy atom. The molecule has 0 fully saturated rings. The van der Waals surface area contributed by atoms with Gasteiger partial charge in [-0.15, -0.1) is 11.3 Å². The standard InChI is InChI=1S/C26H20Cl3N3O3S/c1-14-3-9-19-22(11-14)36-25(24(19)29)26(34)32-31-15(2)16-4-7-18(8-5-16)30-23(33)13-35-21-10-6-17(27)12-20(21)28/h3-12H,13H2,1-2H3,(H,30,33)(H,32,34)/b31-15-. The van der Waals surface area contributed by atoms with Crippen LogP contribution in [-0.2, 0) is 4.79 Å². The minimum atomic E-state index is -0.372. The van der Waals surface area contributed by atoms with Crippen LogP contribution in [0.2, 0.25) is 15.1 Å². The molecule has 36 heavy (non-hydrogen) atoms. The summed E-state index contributed by atoms with van der Waals surface area (Å²) in [6.07, 6.45) is 0. The average molecular weight is 561 g/mol. The minimum absolute atomic E-state index is 0.213. The predicted octanol–water partition coefficient (Wildman–Crippen LogP) is 7.34. The molecular formula is C26H20Cl3N3O3S. The number of hydrogen-bond donors (Lipinski definition) is 2. The van der Waals surface area contributed by atoms with E-state index >= 15 is 0 Å². The van der Waals surface area contributed by atoms with Crippen molar-refractivity contribution < 1.29 is 14.3 Å². The predicted molar refractivity (Wildman–Crippen MR) is 148 cm³/mol. The molecule has 0 spiro atoms. The summed E-state index contributed by atoms with van der Waals surface area (Å²) >= 11 is 19.6. The number of fused-ring (bicyclic) bond motifs is 1. The fourth-order valence-electron chi connectivity index (χ4n) is 3.30. The van der Waals surface area contributed by atoms with Gasteiger partial charge in [-0.1, -0.05) is 59.1 Å². The van der Waals surface area contributed by atoms with Crippen molar-refractivity contribution in [2.24, 2.45) is 5.10 Å². The molecule has 2 N–H and O–H groups in total. The van der Waals surface area contributed by atoms with Gasteiger partial charge in [-0.2, -0.15) is 5.10 Å². The van der Waals surface area contributed by atoms with Crippen LogP contribution in [0.15, 0.2) is 65.8 Å². The van der Waals surface area contributed by atoms with Gasteiger partial charge in [0.15, 0.2) is 6.61 Å². The number of hydrazone groups is 1. The highest BCUT2D eigenvalue weighted by atomic mass is 35.5. The summed E-state index contributed by atoms with van der Waals surface area (Å²) in [5.74, 6) is -0.350. The third kappa shape index (κ3) is 6.17. The first-order valence-electron chi connectivity index (χ1n) is 10.7. The highest BCUT2D eigenvalue weighted by molar-refractivity contribution is 7.21.